The average molecular weight is 398 g/mol. The third-order valence-corrected chi connectivity index (χ3v) is 5.42. The van der Waals surface area contributed by atoms with Crippen molar-refractivity contribution in [3.63, 3.8) is 0 Å². The molecule has 142 valence electrons. The van der Waals surface area contributed by atoms with Gasteiger partial charge in [-0.05, 0) is 48.9 Å². The van der Waals surface area contributed by atoms with E-state index in [-0.39, 0.29) is 10.8 Å². The molecule has 0 bridgehead atoms. The molecule has 28 heavy (non-hydrogen) atoms. The van der Waals surface area contributed by atoms with E-state index in [0.29, 0.717) is 22.8 Å². The maximum Gasteiger partial charge on any atom is 0.264 e. The predicted octanol–water partition coefficient (Wildman–Crippen LogP) is 3.98. The minimum atomic E-state index is -3.87. The van der Waals surface area contributed by atoms with Gasteiger partial charge in [0.05, 0.1) is 5.69 Å². The molecule has 0 aliphatic rings. The molecule has 0 saturated heterocycles. The lowest BCUT2D eigenvalue weighted by Crippen LogP contribution is -2.13. The Kier molecular flexibility index (Phi) is 4.44. The number of anilines is 1. The maximum atomic E-state index is 13.2. The van der Waals surface area contributed by atoms with E-state index < -0.39 is 15.8 Å². The van der Waals surface area contributed by atoms with Gasteiger partial charge in [-0.1, -0.05) is 18.2 Å². The molecular weight excluding hydrogens is 383 g/mol. The highest BCUT2D eigenvalue weighted by atomic mass is 32.2. The van der Waals surface area contributed by atoms with Gasteiger partial charge in [0.25, 0.3) is 15.9 Å². The third-order valence-electron chi connectivity index (χ3n) is 4.08. The van der Waals surface area contributed by atoms with E-state index in [1.807, 2.05) is 30.3 Å². The maximum absolute atomic E-state index is 13.2. The highest BCUT2D eigenvalue weighted by Crippen LogP contribution is 2.26. The molecule has 2 heterocycles. The van der Waals surface area contributed by atoms with E-state index in [9.17, 15) is 12.8 Å². The summed E-state index contributed by atoms with van der Waals surface area (Å²) in [6, 6.07) is 14.4. The number of aryl methyl sites for hydroxylation is 1. The van der Waals surface area contributed by atoms with E-state index in [1.54, 1.807) is 6.92 Å². The molecule has 0 saturated carbocycles. The Morgan fingerprint density at radius 1 is 1.04 bits per heavy atom. The Morgan fingerprint density at radius 2 is 1.79 bits per heavy atom. The fourth-order valence-electron chi connectivity index (χ4n) is 2.63. The normalized spacial score (nSPS) is 11.5. The zero-order chi connectivity index (χ0) is 19.7. The molecule has 9 heteroatoms. The van der Waals surface area contributed by atoms with E-state index in [1.165, 1.54) is 30.5 Å². The van der Waals surface area contributed by atoms with Crippen LogP contribution in [0.4, 0.5) is 10.1 Å². The molecule has 2 N–H and O–H groups in total. The highest BCUT2D eigenvalue weighted by molar-refractivity contribution is 7.92. The fraction of sp³-hybridized carbons (Fsp3) is 0.0526. The molecule has 0 atom stereocenters. The van der Waals surface area contributed by atoms with Crippen molar-refractivity contribution in [2.24, 2.45) is 0 Å². The number of aromatic amines is 1. The van der Waals surface area contributed by atoms with Crippen molar-refractivity contribution in [1.29, 1.82) is 0 Å². The number of halogens is 1. The molecule has 2 aromatic carbocycles. The first-order valence-electron chi connectivity index (χ1n) is 8.29. The smallest absolute Gasteiger partial charge is 0.264 e. The first-order chi connectivity index (χ1) is 13.4. The molecule has 4 rings (SSSR count). The number of rotatable bonds is 5. The summed E-state index contributed by atoms with van der Waals surface area (Å²) in [5, 5.41) is 7.95. The number of sulfonamides is 1. The topological polar surface area (TPSA) is 101 Å². The van der Waals surface area contributed by atoms with Crippen molar-refractivity contribution in [2.75, 3.05) is 4.72 Å². The van der Waals surface area contributed by atoms with Gasteiger partial charge in [-0.15, -0.1) is 10.2 Å². The second-order valence-electron chi connectivity index (χ2n) is 6.09. The Morgan fingerprint density at radius 3 is 2.54 bits per heavy atom. The summed E-state index contributed by atoms with van der Waals surface area (Å²) in [5.41, 5.74) is 1.90. The number of hydrogen-bond donors (Lipinski definition) is 2. The first-order valence-corrected chi connectivity index (χ1v) is 9.77. The van der Waals surface area contributed by atoms with Crippen molar-refractivity contribution in [2.45, 2.75) is 11.8 Å². The van der Waals surface area contributed by atoms with Crippen molar-refractivity contribution < 1.29 is 17.2 Å². The van der Waals surface area contributed by atoms with Crippen LogP contribution in [0.1, 0.15) is 5.56 Å². The molecule has 0 radical (unpaired) electrons. The van der Waals surface area contributed by atoms with Crippen molar-refractivity contribution in [1.82, 2.24) is 15.2 Å². The average Bonchev–Trinajstić information content (AvgIpc) is 3.34. The lowest BCUT2D eigenvalue weighted by Gasteiger charge is -2.09. The van der Waals surface area contributed by atoms with Gasteiger partial charge in [0, 0.05) is 11.8 Å². The lowest BCUT2D eigenvalue weighted by atomic mass is 10.2. The van der Waals surface area contributed by atoms with Gasteiger partial charge in [-0.3, -0.25) is 4.72 Å². The summed E-state index contributed by atoms with van der Waals surface area (Å²) < 4.78 is 46.5. The molecule has 0 amide bonds. The summed E-state index contributed by atoms with van der Waals surface area (Å²) in [7, 11) is -3.87. The number of nitrogens with zero attached hydrogens (tertiary/aromatic N) is 2. The summed E-state index contributed by atoms with van der Waals surface area (Å²) >= 11 is 0. The zero-order valence-corrected chi connectivity index (χ0v) is 15.5. The molecule has 2 aromatic heterocycles. The first kappa shape index (κ1) is 17.9. The molecule has 0 aliphatic carbocycles. The Balaban J connectivity index is 1.59. The third kappa shape index (κ3) is 3.52. The molecule has 7 nitrogen and oxygen atoms in total. The van der Waals surface area contributed by atoms with Gasteiger partial charge in [0.15, 0.2) is 0 Å². The quantitative estimate of drug-likeness (QED) is 0.530. The van der Waals surface area contributed by atoms with Crippen LogP contribution >= 0.6 is 0 Å². The van der Waals surface area contributed by atoms with Crippen LogP contribution in [0.15, 0.2) is 70.1 Å². The van der Waals surface area contributed by atoms with Gasteiger partial charge >= 0.3 is 0 Å². The molecule has 0 unspecified atom stereocenters. The highest BCUT2D eigenvalue weighted by Gasteiger charge is 2.20. The number of H-pyrrole nitrogens is 1. The SMILES string of the molecule is Cc1cc(F)ccc1NS(=O)(=O)c1c[nH]c(-c2nnc(-c3ccccc3)o2)c1. The molecule has 4 aromatic rings. The number of hydrogen-bond acceptors (Lipinski definition) is 5. The summed E-state index contributed by atoms with van der Waals surface area (Å²) in [4.78, 5) is 2.82. The van der Waals surface area contributed by atoms with Gasteiger partial charge < -0.3 is 9.40 Å². The lowest BCUT2D eigenvalue weighted by molar-refractivity contribution is 0.582. The predicted molar refractivity (Wildman–Crippen MR) is 101 cm³/mol. The Bertz CT molecular complexity index is 1230. The monoisotopic (exact) mass is 398 g/mol. The minimum absolute atomic E-state index is 0.00862. The van der Waals surface area contributed by atoms with E-state index in [4.69, 9.17) is 4.42 Å². The van der Waals surface area contributed by atoms with Crippen LogP contribution in [0.5, 0.6) is 0 Å². The summed E-state index contributed by atoms with van der Waals surface area (Å²) in [6.07, 6.45) is 1.32. The van der Waals surface area contributed by atoms with Crippen LogP contribution in [0, 0.1) is 12.7 Å². The van der Waals surface area contributed by atoms with Crippen LogP contribution < -0.4 is 4.72 Å². The second-order valence-corrected chi connectivity index (χ2v) is 7.77. The van der Waals surface area contributed by atoms with E-state index in [0.717, 1.165) is 5.56 Å². The van der Waals surface area contributed by atoms with Crippen molar-refractivity contribution in [3.05, 3.63) is 72.2 Å². The van der Waals surface area contributed by atoms with Crippen LogP contribution in [-0.4, -0.2) is 23.6 Å². The van der Waals surface area contributed by atoms with E-state index >= 15 is 0 Å². The van der Waals surface area contributed by atoms with Crippen LogP contribution in [0.25, 0.3) is 23.0 Å². The number of aromatic nitrogens is 3. The molecule has 0 fully saturated rings. The standard InChI is InChI=1S/C19H15FN4O3S/c1-12-9-14(20)7-8-16(12)24-28(25,26)15-10-17(21-11-15)19-23-22-18(27-19)13-5-3-2-4-6-13/h2-11,21,24H,1H3. The molecular formula is C19H15FN4O3S. The van der Waals surface area contributed by atoms with E-state index in [2.05, 4.69) is 19.9 Å². The van der Waals surface area contributed by atoms with Gasteiger partial charge in [0.2, 0.25) is 5.89 Å². The molecule has 0 spiro atoms. The van der Waals surface area contributed by atoms with Crippen LogP contribution in [0.2, 0.25) is 0 Å². The number of nitrogens with one attached hydrogen (secondary N) is 2. The Hall–Kier alpha value is -3.46. The van der Waals surface area contributed by atoms with Gasteiger partial charge in [-0.25, -0.2) is 12.8 Å². The zero-order valence-electron chi connectivity index (χ0n) is 14.7. The van der Waals surface area contributed by atoms with Gasteiger partial charge in [0.1, 0.15) is 16.4 Å². The summed E-state index contributed by atoms with van der Waals surface area (Å²) in [5.74, 6) is 0.0583. The fourth-order valence-corrected chi connectivity index (χ4v) is 3.75. The number of benzene rings is 2. The van der Waals surface area contributed by atoms with Crippen molar-refractivity contribution in [3.8, 4) is 23.0 Å². The van der Waals surface area contributed by atoms with Crippen LogP contribution in [-0.2, 0) is 10.0 Å². The minimum Gasteiger partial charge on any atom is -0.415 e. The van der Waals surface area contributed by atoms with Gasteiger partial charge in [-0.2, -0.15) is 0 Å². The largest absolute Gasteiger partial charge is 0.415 e. The second kappa shape index (κ2) is 6.93. The Labute approximate surface area is 160 Å². The summed E-state index contributed by atoms with van der Waals surface area (Å²) in [6.45, 7) is 1.62. The van der Waals surface area contributed by atoms with Crippen LogP contribution in [0.3, 0.4) is 0 Å². The van der Waals surface area contributed by atoms with Crippen molar-refractivity contribution >= 4 is 15.7 Å². The molecule has 0 aliphatic heterocycles.